The molecule has 21 heavy (non-hydrogen) atoms. The summed E-state index contributed by atoms with van der Waals surface area (Å²) in [6.07, 6.45) is 6.86. The van der Waals surface area contributed by atoms with E-state index in [9.17, 15) is 0 Å². The van der Waals surface area contributed by atoms with Crippen LogP contribution in [0.4, 0.5) is 0 Å². The fourth-order valence-electron chi connectivity index (χ4n) is 2.71. The van der Waals surface area contributed by atoms with Crippen LogP contribution in [-0.4, -0.2) is 31.3 Å². The van der Waals surface area contributed by atoms with Crippen LogP contribution >= 0.6 is 11.8 Å². The van der Waals surface area contributed by atoms with Crippen LogP contribution in [0.1, 0.15) is 43.7 Å². The van der Waals surface area contributed by atoms with E-state index in [2.05, 4.69) is 6.07 Å². The molecular formula is C17H27NO2S. The minimum absolute atomic E-state index is 0.0377. The van der Waals surface area contributed by atoms with Gasteiger partial charge in [0.25, 0.3) is 0 Å². The van der Waals surface area contributed by atoms with Gasteiger partial charge in [-0.2, -0.15) is 11.8 Å². The molecule has 118 valence electrons. The Morgan fingerprint density at radius 1 is 1.19 bits per heavy atom. The Morgan fingerprint density at radius 2 is 1.95 bits per heavy atom. The summed E-state index contributed by atoms with van der Waals surface area (Å²) in [4.78, 5) is 0. The van der Waals surface area contributed by atoms with Crippen molar-refractivity contribution >= 4 is 11.8 Å². The van der Waals surface area contributed by atoms with Crippen molar-refractivity contribution in [3.05, 3.63) is 29.8 Å². The summed E-state index contributed by atoms with van der Waals surface area (Å²) < 4.78 is 10.8. The third-order valence-electron chi connectivity index (χ3n) is 3.93. The quantitative estimate of drug-likeness (QED) is 0.742. The Bertz CT molecular complexity index is 408. The summed E-state index contributed by atoms with van der Waals surface area (Å²) in [5, 5.41) is 0.798. The molecule has 0 heterocycles. The van der Waals surface area contributed by atoms with E-state index in [-0.39, 0.29) is 6.04 Å². The van der Waals surface area contributed by atoms with Crippen molar-refractivity contribution < 1.29 is 9.47 Å². The van der Waals surface area contributed by atoms with Gasteiger partial charge in [0.2, 0.25) is 0 Å². The van der Waals surface area contributed by atoms with Crippen molar-refractivity contribution in [3.63, 3.8) is 0 Å². The number of rotatable bonds is 8. The van der Waals surface area contributed by atoms with Gasteiger partial charge in [0.15, 0.2) is 0 Å². The molecule has 4 heteroatoms. The first-order chi connectivity index (χ1) is 10.3. The molecule has 1 unspecified atom stereocenters. The maximum Gasteiger partial charge on any atom is 0.124 e. The van der Waals surface area contributed by atoms with Gasteiger partial charge in [0.1, 0.15) is 12.4 Å². The zero-order valence-corrected chi connectivity index (χ0v) is 13.7. The number of hydrogen-bond donors (Lipinski definition) is 1. The van der Waals surface area contributed by atoms with E-state index in [0.29, 0.717) is 13.2 Å². The second-order valence-corrected chi connectivity index (χ2v) is 6.91. The second kappa shape index (κ2) is 9.34. The fraction of sp³-hybridized carbons (Fsp3) is 0.647. The lowest BCUT2D eigenvalue weighted by Gasteiger charge is -2.23. The molecule has 0 aromatic heterocycles. The first-order valence-corrected chi connectivity index (χ1v) is 8.94. The molecule has 1 aliphatic rings. The van der Waals surface area contributed by atoms with E-state index >= 15 is 0 Å². The smallest absolute Gasteiger partial charge is 0.124 e. The summed E-state index contributed by atoms with van der Waals surface area (Å²) in [5.41, 5.74) is 7.49. The largest absolute Gasteiger partial charge is 0.491 e. The standard InChI is InChI=1S/C17H27NO2S/c1-19-11-12-20-17-10-6-5-9-15(17)16(18)13-21-14-7-3-2-4-8-14/h5-6,9-10,14,16H,2-4,7-8,11-13,18H2,1H3. The van der Waals surface area contributed by atoms with Gasteiger partial charge in [-0.1, -0.05) is 37.5 Å². The lowest BCUT2D eigenvalue weighted by atomic mass is 10.0. The highest BCUT2D eigenvalue weighted by molar-refractivity contribution is 7.99. The molecule has 0 saturated heterocycles. The molecule has 2 N–H and O–H groups in total. The van der Waals surface area contributed by atoms with Gasteiger partial charge in [0, 0.05) is 29.7 Å². The molecule has 3 nitrogen and oxygen atoms in total. The molecule has 0 spiro atoms. The second-order valence-electron chi connectivity index (χ2n) is 5.58. The zero-order chi connectivity index (χ0) is 14.9. The first-order valence-electron chi connectivity index (χ1n) is 7.89. The van der Waals surface area contributed by atoms with Gasteiger partial charge in [-0.25, -0.2) is 0 Å². The molecule has 0 amide bonds. The minimum Gasteiger partial charge on any atom is -0.491 e. The van der Waals surface area contributed by atoms with E-state index in [1.165, 1.54) is 32.1 Å². The molecule has 1 aromatic rings. The first kappa shape index (κ1) is 16.7. The van der Waals surface area contributed by atoms with Crippen molar-refractivity contribution in [2.24, 2.45) is 5.73 Å². The highest BCUT2D eigenvalue weighted by Crippen LogP contribution is 2.32. The number of benzene rings is 1. The topological polar surface area (TPSA) is 44.5 Å². The maximum absolute atomic E-state index is 6.39. The number of para-hydroxylation sites is 1. The SMILES string of the molecule is COCCOc1ccccc1C(N)CSC1CCCCC1. The van der Waals surface area contributed by atoms with E-state index in [1.807, 2.05) is 30.0 Å². The molecule has 1 fully saturated rings. The number of ether oxygens (including phenoxy) is 2. The van der Waals surface area contributed by atoms with Gasteiger partial charge in [-0.15, -0.1) is 0 Å². The van der Waals surface area contributed by atoms with E-state index in [4.69, 9.17) is 15.2 Å². The van der Waals surface area contributed by atoms with E-state index in [1.54, 1.807) is 7.11 Å². The number of nitrogens with two attached hydrogens (primary N) is 1. The van der Waals surface area contributed by atoms with Crippen LogP contribution in [-0.2, 0) is 4.74 Å². The van der Waals surface area contributed by atoms with Gasteiger partial charge < -0.3 is 15.2 Å². The lowest BCUT2D eigenvalue weighted by Crippen LogP contribution is -2.18. The molecule has 1 aromatic carbocycles. The zero-order valence-electron chi connectivity index (χ0n) is 12.9. The fourth-order valence-corrected chi connectivity index (χ4v) is 4.04. The molecule has 1 aliphatic carbocycles. The normalized spacial score (nSPS) is 17.6. The number of thioether (sulfide) groups is 1. The summed E-state index contributed by atoms with van der Waals surface area (Å²) >= 11 is 2.03. The molecular weight excluding hydrogens is 282 g/mol. The van der Waals surface area contributed by atoms with Crippen LogP contribution in [0, 0.1) is 0 Å². The molecule has 1 saturated carbocycles. The third kappa shape index (κ3) is 5.53. The van der Waals surface area contributed by atoms with Crippen LogP contribution in [0.15, 0.2) is 24.3 Å². The van der Waals surface area contributed by atoms with Gasteiger partial charge in [-0.05, 0) is 18.9 Å². The van der Waals surface area contributed by atoms with Crippen LogP contribution in [0.2, 0.25) is 0 Å². The Balaban J connectivity index is 1.86. The van der Waals surface area contributed by atoms with Crippen molar-refractivity contribution in [2.75, 3.05) is 26.1 Å². The minimum atomic E-state index is 0.0377. The van der Waals surface area contributed by atoms with Crippen LogP contribution in [0.3, 0.4) is 0 Å². The molecule has 0 radical (unpaired) electrons. The van der Waals surface area contributed by atoms with E-state index < -0.39 is 0 Å². The Kier molecular flexibility index (Phi) is 7.41. The van der Waals surface area contributed by atoms with Gasteiger partial charge >= 0.3 is 0 Å². The van der Waals surface area contributed by atoms with Gasteiger partial charge in [-0.3, -0.25) is 0 Å². The number of hydrogen-bond acceptors (Lipinski definition) is 4. The van der Waals surface area contributed by atoms with Crippen LogP contribution < -0.4 is 10.5 Å². The number of methoxy groups -OCH3 is 1. The van der Waals surface area contributed by atoms with Crippen LogP contribution in [0.25, 0.3) is 0 Å². The lowest BCUT2D eigenvalue weighted by molar-refractivity contribution is 0.145. The predicted octanol–water partition coefficient (Wildman–Crippen LogP) is 3.78. The van der Waals surface area contributed by atoms with Crippen molar-refractivity contribution in [1.82, 2.24) is 0 Å². The van der Waals surface area contributed by atoms with Crippen molar-refractivity contribution in [3.8, 4) is 5.75 Å². The summed E-state index contributed by atoms with van der Waals surface area (Å²) in [5.74, 6) is 1.86. The van der Waals surface area contributed by atoms with Crippen molar-refractivity contribution in [1.29, 1.82) is 0 Å². The summed E-state index contributed by atoms with van der Waals surface area (Å²) in [6, 6.07) is 8.14. The third-order valence-corrected chi connectivity index (χ3v) is 5.42. The Labute approximate surface area is 132 Å². The molecule has 0 aliphatic heterocycles. The Hall–Kier alpha value is -0.710. The maximum atomic E-state index is 6.39. The van der Waals surface area contributed by atoms with Crippen molar-refractivity contribution in [2.45, 2.75) is 43.4 Å². The highest BCUT2D eigenvalue weighted by atomic mass is 32.2. The monoisotopic (exact) mass is 309 g/mol. The highest BCUT2D eigenvalue weighted by Gasteiger charge is 2.17. The summed E-state index contributed by atoms with van der Waals surface area (Å²) in [7, 11) is 1.68. The average molecular weight is 309 g/mol. The predicted molar refractivity (Wildman–Crippen MR) is 90.1 cm³/mol. The van der Waals surface area contributed by atoms with Gasteiger partial charge in [0.05, 0.1) is 6.61 Å². The van der Waals surface area contributed by atoms with Crippen LogP contribution in [0.5, 0.6) is 5.75 Å². The Morgan fingerprint density at radius 3 is 2.71 bits per heavy atom. The molecule has 0 bridgehead atoms. The molecule has 2 rings (SSSR count). The molecule has 1 atom stereocenters. The average Bonchev–Trinajstić information content (AvgIpc) is 2.54. The van der Waals surface area contributed by atoms with E-state index in [0.717, 1.165) is 22.3 Å². The summed E-state index contributed by atoms with van der Waals surface area (Å²) in [6.45, 7) is 1.16.